The summed E-state index contributed by atoms with van der Waals surface area (Å²) in [7, 11) is 0. The van der Waals surface area contributed by atoms with Crippen molar-refractivity contribution < 1.29 is 0 Å². The molecule has 0 spiro atoms. The van der Waals surface area contributed by atoms with Crippen LogP contribution >= 0.6 is 23.6 Å². The zero-order valence-corrected chi connectivity index (χ0v) is 12.3. The van der Waals surface area contributed by atoms with Crippen molar-refractivity contribution in [3.05, 3.63) is 58.3 Å². The maximum Gasteiger partial charge on any atom is 0.137 e. The monoisotopic (exact) mass is 299 g/mol. The Hall–Kier alpha value is -1.98. The van der Waals surface area contributed by atoms with Gasteiger partial charge in [-0.2, -0.15) is 11.3 Å². The van der Waals surface area contributed by atoms with Gasteiger partial charge in [0.2, 0.25) is 0 Å². The molecule has 0 aliphatic carbocycles. The van der Waals surface area contributed by atoms with E-state index in [0.29, 0.717) is 11.5 Å². The van der Waals surface area contributed by atoms with Gasteiger partial charge < -0.3 is 11.1 Å². The second kappa shape index (κ2) is 5.56. The Morgan fingerprint density at radius 1 is 1.30 bits per heavy atom. The molecule has 0 unspecified atom stereocenters. The van der Waals surface area contributed by atoms with Crippen LogP contribution in [0.3, 0.4) is 0 Å². The summed E-state index contributed by atoms with van der Waals surface area (Å²) in [6, 6.07) is 12.0. The SMILES string of the molecule is NC(=S)c1cc2ccccc2nc1NCc1ccsc1. The van der Waals surface area contributed by atoms with Gasteiger partial charge in [-0.05, 0) is 34.5 Å². The summed E-state index contributed by atoms with van der Waals surface area (Å²) < 4.78 is 0. The van der Waals surface area contributed by atoms with E-state index >= 15 is 0 Å². The van der Waals surface area contributed by atoms with Crippen LogP contribution in [0, 0.1) is 0 Å². The van der Waals surface area contributed by atoms with E-state index in [1.54, 1.807) is 11.3 Å². The number of hydrogen-bond acceptors (Lipinski definition) is 4. The van der Waals surface area contributed by atoms with Crippen LogP contribution in [0.25, 0.3) is 10.9 Å². The highest BCUT2D eigenvalue weighted by Crippen LogP contribution is 2.21. The lowest BCUT2D eigenvalue weighted by atomic mass is 10.1. The number of thiocarbonyl (C=S) groups is 1. The summed E-state index contributed by atoms with van der Waals surface area (Å²) in [4.78, 5) is 4.98. The number of nitrogens with zero attached hydrogens (tertiary/aromatic N) is 1. The fraction of sp³-hybridized carbons (Fsp3) is 0.0667. The van der Waals surface area contributed by atoms with Crippen LogP contribution in [0.15, 0.2) is 47.2 Å². The molecule has 0 saturated heterocycles. The predicted molar refractivity (Wildman–Crippen MR) is 89.3 cm³/mol. The van der Waals surface area contributed by atoms with Gasteiger partial charge in [-0.25, -0.2) is 4.98 Å². The summed E-state index contributed by atoms with van der Waals surface area (Å²) in [6.07, 6.45) is 0. The van der Waals surface area contributed by atoms with Gasteiger partial charge in [-0.1, -0.05) is 30.4 Å². The van der Waals surface area contributed by atoms with Crippen LogP contribution in [0.2, 0.25) is 0 Å². The highest BCUT2D eigenvalue weighted by molar-refractivity contribution is 7.80. The molecule has 0 aliphatic heterocycles. The Morgan fingerprint density at radius 2 is 2.15 bits per heavy atom. The van der Waals surface area contributed by atoms with E-state index in [9.17, 15) is 0 Å². The van der Waals surface area contributed by atoms with Gasteiger partial charge >= 0.3 is 0 Å². The predicted octanol–water partition coefficient (Wildman–Crippen LogP) is 3.54. The van der Waals surface area contributed by atoms with Crippen LogP contribution in [0.1, 0.15) is 11.1 Å². The zero-order chi connectivity index (χ0) is 13.9. The minimum atomic E-state index is 0.357. The lowest BCUT2D eigenvalue weighted by Crippen LogP contribution is -2.14. The summed E-state index contributed by atoms with van der Waals surface area (Å²) >= 11 is 6.80. The van der Waals surface area contributed by atoms with Crippen LogP contribution in [0.4, 0.5) is 5.82 Å². The number of pyridine rings is 1. The molecule has 0 fully saturated rings. The number of anilines is 1. The van der Waals surface area contributed by atoms with E-state index in [1.165, 1.54) is 5.56 Å². The average molecular weight is 299 g/mol. The maximum atomic E-state index is 5.81. The lowest BCUT2D eigenvalue weighted by molar-refractivity contribution is 1.13. The Morgan fingerprint density at radius 3 is 2.90 bits per heavy atom. The normalized spacial score (nSPS) is 10.6. The van der Waals surface area contributed by atoms with Gasteiger partial charge in [0.1, 0.15) is 10.8 Å². The van der Waals surface area contributed by atoms with Crippen molar-refractivity contribution in [1.82, 2.24) is 4.98 Å². The summed E-state index contributed by atoms with van der Waals surface area (Å²) in [5, 5.41) is 8.52. The maximum absolute atomic E-state index is 5.81. The van der Waals surface area contributed by atoms with Crippen molar-refractivity contribution in [1.29, 1.82) is 0 Å². The minimum Gasteiger partial charge on any atom is -0.389 e. The van der Waals surface area contributed by atoms with Crippen molar-refractivity contribution >= 4 is 45.3 Å². The topological polar surface area (TPSA) is 50.9 Å². The molecule has 0 amide bonds. The first-order valence-electron chi connectivity index (χ1n) is 6.18. The Bertz CT molecular complexity index is 751. The molecule has 5 heteroatoms. The highest BCUT2D eigenvalue weighted by atomic mass is 32.1. The van der Waals surface area contributed by atoms with Gasteiger partial charge in [0.25, 0.3) is 0 Å². The van der Waals surface area contributed by atoms with Crippen molar-refractivity contribution in [2.75, 3.05) is 5.32 Å². The number of rotatable bonds is 4. The molecule has 0 atom stereocenters. The molecule has 3 aromatic rings. The summed E-state index contributed by atoms with van der Waals surface area (Å²) in [5.74, 6) is 0.738. The summed E-state index contributed by atoms with van der Waals surface area (Å²) in [5.41, 5.74) is 8.75. The Labute approximate surface area is 126 Å². The fourth-order valence-electron chi connectivity index (χ4n) is 2.02. The van der Waals surface area contributed by atoms with Crippen molar-refractivity contribution in [2.45, 2.75) is 6.54 Å². The van der Waals surface area contributed by atoms with E-state index in [1.807, 2.05) is 30.3 Å². The zero-order valence-electron chi connectivity index (χ0n) is 10.7. The molecule has 3 N–H and O–H groups in total. The number of benzene rings is 1. The molecular weight excluding hydrogens is 286 g/mol. The Kier molecular flexibility index (Phi) is 3.62. The number of aromatic nitrogens is 1. The second-order valence-corrected chi connectivity index (χ2v) is 5.65. The number of thiophene rings is 1. The van der Waals surface area contributed by atoms with Gasteiger partial charge in [0.05, 0.1) is 11.1 Å². The van der Waals surface area contributed by atoms with E-state index in [0.717, 1.165) is 22.3 Å². The third kappa shape index (κ3) is 2.64. The molecule has 3 rings (SSSR count). The molecule has 0 radical (unpaired) electrons. The van der Waals surface area contributed by atoms with Gasteiger partial charge in [0.15, 0.2) is 0 Å². The molecule has 1 aromatic carbocycles. The smallest absolute Gasteiger partial charge is 0.137 e. The molecule has 0 aliphatic rings. The first-order valence-corrected chi connectivity index (χ1v) is 7.53. The number of fused-ring (bicyclic) bond motifs is 1. The summed E-state index contributed by atoms with van der Waals surface area (Å²) in [6.45, 7) is 0.713. The number of hydrogen-bond donors (Lipinski definition) is 2. The van der Waals surface area contributed by atoms with Crippen LogP contribution in [-0.4, -0.2) is 9.97 Å². The average Bonchev–Trinajstić information content (AvgIpc) is 2.97. The van der Waals surface area contributed by atoms with Crippen molar-refractivity contribution in [3.8, 4) is 0 Å². The number of para-hydroxylation sites is 1. The van der Waals surface area contributed by atoms with Crippen LogP contribution in [0.5, 0.6) is 0 Å². The molecule has 20 heavy (non-hydrogen) atoms. The quantitative estimate of drug-likeness (QED) is 0.723. The van der Waals surface area contributed by atoms with Crippen molar-refractivity contribution in [3.63, 3.8) is 0 Å². The molecule has 0 saturated carbocycles. The number of nitrogens with two attached hydrogens (primary N) is 1. The highest BCUT2D eigenvalue weighted by Gasteiger charge is 2.09. The standard InChI is InChI=1S/C15H13N3S2/c16-14(19)12-7-11-3-1-2-4-13(11)18-15(12)17-8-10-5-6-20-9-10/h1-7,9H,8H2,(H2,16,19)(H,17,18). The number of nitrogens with one attached hydrogen (secondary N) is 1. The van der Waals surface area contributed by atoms with E-state index in [-0.39, 0.29) is 0 Å². The van der Waals surface area contributed by atoms with Gasteiger partial charge in [-0.15, -0.1) is 0 Å². The van der Waals surface area contributed by atoms with E-state index in [4.69, 9.17) is 18.0 Å². The van der Waals surface area contributed by atoms with Crippen LogP contribution < -0.4 is 11.1 Å². The van der Waals surface area contributed by atoms with Crippen molar-refractivity contribution in [2.24, 2.45) is 5.73 Å². The fourth-order valence-corrected chi connectivity index (χ4v) is 2.84. The van der Waals surface area contributed by atoms with E-state index in [2.05, 4.69) is 27.1 Å². The molecular formula is C15H13N3S2. The largest absolute Gasteiger partial charge is 0.389 e. The third-order valence-electron chi connectivity index (χ3n) is 3.03. The first kappa shape index (κ1) is 13.0. The Balaban J connectivity index is 1.98. The minimum absolute atomic E-state index is 0.357. The van der Waals surface area contributed by atoms with E-state index < -0.39 is 0 Å². The molecule has 2 heterocycles. The second-order valence-electron chi connectivity index (χ2n) is 4.43. The first-order chi connectivity index (χ1) is 9.74. The van der Waals surface area contributed by atoms with Crippen LogP contribution in [-0.2, 0) is 6.54 Å². The molecule has 100 valence electrons. The lowest BCUT2D eigenvalue weighted by Gasteiger charge is -2.11. The molecule has 0 bridgehead atoms. The molecule has 2 aromatic heterocycles. The third-order valence-corrected chi connectivity index (χ3v) is 3.98. The van der Waals surface area contributed by atoms with Gasteiger partial charge in [0, 0.05) is 11.9 Å². The molecule has 3 nitrogen and oxygen atoms in total. The van der Waals surface area contributed by atoms with Gasteiger partial charge in [-0.3, -0.25) is 0 Å².